The predicted octanol–water partition coefficient (Wildman–Crippen LogP) is 4.10. The summed E-state index contributed by atoms with van der Waals surface area (Å²) in [5.41, 5.74) is 6.09. The van der Waals surface area contributed by atoms with Crippen LogP contribution in [0.2, 0.25) is 0 Å². The molecule has 0 bridgehead atoms. The van der Waals surface area contributed by atoms with Gasteiger partial charge in [0.2, 0.25) is 0 Å². The third kappa shape index (κ3) is 3.34. The Balaban J connectivity index is 1.78. The molecular weight excluding hydrogens is 298 g/mol. The van der Waals surface area contributed by atoms with Crippen molar-refractivity contribution in [1.82, 2.24) is 9.88 Å². The maximum absolute atomic E-state index is 12.5. The summed E-state index contributed by atoms with van der Waals surface area (Å²) in [6.45, 7) is 5.00. The molecule has 3 rings (SSSR count). The van der Waals surface area contributed by atoms with Gasteiger partial charge in [0.15, 0.2) is 0 Å². The summed E-state index contributed by atoms with van der Waals surface area (Å²) in [5.74, 6) is -0.0875. The summed E-state index contributed by atoms with van der Waals surface area (Å²) in [6.07, 6.45) is 0. The quantitative estimate of drug-likeness (QED) is 0.760. The van der Waals surface area contributed by atoms with Crippen molar-refractivity contribution < 1.29 is 4.79 Å². The Kier molecular flexibility index (Phi) is 4.40. The number of anilines is 1. The number of nitrogens with one attached hydrogen (secondary N) is 2. The number of amides is 1. The first-order valence-electron chi connectivity index (χ1n) is 8.08. The maximum Gasteiger partial charge on any atom is 0.255 e. The van der Waals surface area contributed by atoms with Gasteiger partial charge < -0.3 is 15.2 Å². The number of benzene rings is 2. The van der Waals surface area contributed by atoms with Crippen LogP contribution in [-0.4, -0.2) is 29.9 Å². The number of H-pyrrole nitrogens is 1. The molecule has 0 fully saturated rings. The van der Waals surface area contributed by atoms with E-state index in [9.17, 15) is 4.79 Å². The maximum atomic E-state index is 12.5. The first kappa shape index (κ1) is 16.3. The topological polar surface area (TPSA) is 48.1 Å². The Morgan fingerprint density at radius 2 is 1.79 bits per heavy atom. The van der Waals surface area contributed by atoms with Gasteiger partial charge in [0.25, 0.3) is 5.91 Å². The number of carbonyl (C=O) groups is 1. The Morgan fingerprint density at radius 1 is 1.08 bits per heavy atom. The Hall–Kier alpha value is -2.59. The number of rotatable bonds is 4. The predicted molar refractivity (Wildman–Crippen MR) is 99.6 cm³/mol. The van der Waals surface area contributed by atoms with Crippen molar-refractivity contribution in [2.75, 3.05) is 19.4 Å². The Bertz CT molecular complexity index is 876. The van der Waals surface area contributed by atoms with E-state index in [4.69, 9.17) is 0 Å². The largest absolute Gasteiger partial charge is 0.358 e. The van der Waals surface area contributed by atoms with E-state index >= 15 is 0 Å². The second kappa shape index (κ2) is 6.49. The highest BCUT2D eigenvalue weighted by Gasteiger charge is 2.10. The number of aromatic amines is 1. The number of hydrogen-bond acceptors (Lipinski definition) is 2. The van der Waals surface area contributed by atoms with Crippen molar-refractivity contribution in [3.8, 4) is 0 Å². The van der Waals surface area contributed by atoms with E-state index in [1.165, 1.54) is 11.1 Å². The summed E-state index contributed by atoms with van der Waals surface area (Å²) in [4.78, 5) is 18.0. The first-order chi connectivity index (χ1) is 11.4. The average molecular weight is 321 g/mol. The zero-order valence-corrected chi connectivity index (χ0v) is 14.6. The molecule has 0 saturated carbocycles. The summed E-state index contributed by atoms with van der Waals surface area (Å²) in [7, 11) is 4.08. The molecule has 1 heterocycles. The molecule has 1 amide bonds. The minimum absolute atomic E-state index is 0.0875. The Morgan fingerprint density at radius 3 is 2.46 bits per heavy atom. The number of aryl methyl sites for hydroxylation is 2. The number of nitrogens with zero attached hydrogens (tertiary/aromatic N) is 1. The molecule has 24 heavy (non-hydrogen) atoms. The van der Waals surface area contributed by atoms with Crippen LogP contribution in [0.5, 0.6) is 0 Å². The van der Waals surface area contributed by atoms with Gasteiger partial charge in [0.05, 0.1) is 0 Å². The SMILES string of the molecule is Cc1[nH]c2ccc(C(=O)Nc3ccc(CN(C)C)cc3)cc2c1C. The van der Waals surface area contributed by atoms with Crippen molar-refractivity contribution >= 4 is 22.5 Å². The number of aromatic nitrogens is 1. The zero-order valence-electron chi connectivity index (χ0n) is 14.6. The molecule has 124 valence electrons. The van der Waals surface area contributed by atoms with Crippen LogP contribution in [0.15, 0.2) is 42.5 Å². The zero-order chi connectivity index (χ0) is 17.3. The minimum Gasteiger partial charge on any atom is -0.358 e. The lowest BCUT2D eigenvalue weighted by atomic mass is 10.1. The molecule has 4 heteroatoms. The van der Waals surface area contributed by atoms with E-state index in [1.807, 2.05) is 63.5 Å². The fourth-order valence-electron chi connectivity index (χ4n) is 2.86. The number of carbonyl (C=O) groups excluding carboxylic acids is 1. The number of fused-ring (bicyclic) bond motifs is 1. The van der Waals surface area contributed by atoms with Crippen LogP contribution >= 0.6 is 0 Å². The van der Waals surface area contributed by atoms with Crippen molar-refractivity contribution in [2.45, 2.75) is 20.4 Å². The standard InChI is InChI=1S/C20H23N3O/c1-13-14(2)21-19-10-7-16(11-18(13)19)20(24)22-17-8-5-15(6-9-17)12-23(3)4/h5-11,21H,12H2,1-4H3,(H,22,24). The summed E-state index contributed by atoms with van der Waals surface area (Å²) in [6, 6.07) is 13.7. The fourth-order valence-corrected chi connectivity index (χ4v) is 2.86. The van der Waals surface area contributed by atoms with Crippen LogP contribution in [0.25, 0.3) is 10.9 Å². The van der Waals surface area contributed by atoms with Crippen LogP contribution in [-0.2, 0) is 6.54 Å². The molecule has 0 unspecified atom stereocenters. The van der Waals surface area contributed by atoms with Gasteiger partial charge >= 0.3 is 0 Å². The molecule has 2 N–H and O–H groups in total. The minimum atomic E-state index is -0.0875. The van der Waals surface area contributed by atoms with Gasteiger partial charge in [-0.15, -0.1) is 0 Å². The third-order valence-electron chi connectivity index (χ3n) is 4.28. The van der Waals surface area contributed by atoms with E-state index in [0.717, 1.165) is 28.8 Å². The van der Waals surface area contributed by atoms with Crippen molar-refractivity contribution in [1.29, 1.82) is 0 Å². The van der Waals surface area contributed by atoms with E-state index in [-0.39, 0.29) is 5.91 Å². The van der Waals surface area contributed by atoms with E-state index in [1.54, 1.807) is 0 Å². The summed E-state index contributed by atoms with van der Waals surface area (Å²) >= 11 is 0. The molecule has 0 saturated heterocycles. The van der Waals surface area contributed by atoms with Crippen molar-refractivity contribution in [2.24, 2.45) is 0 Å². The summed E-state index contributed by atoms with van der Waals surface area (Å²) < 4.78 is 0. The van der Waals surface area contributed by atoms with E-state index < -0.39 is 0 Å². The highest BCUT2D eigenvalue weighted by Crippen LogP contribution is 2.23. The van der Waals surface area contributed by atoms with Gasteiger partial charge in [0.1, 0.15) is 0 Å². The van der Waals surface area contributed by atoms with Gasteiger partial charge in [0, 0.05) is 34.4 Å². The highest BCUT2D eigenvalue weighted by atomic mass is 16.1. The van der Waals surface area contributed by atoms with Crippen molar-refractivity contribution in [3.05, 3.63) is 64.8 Å². The van der Waals surface area contributed by atoms with Gasteiger partial charge in [-0.05, 0) is 69.4 Å². The van der Waals surface area contributed by atoms with Crippen LogP contribution in [0.3, 0.4) is 0 Å². The molecule has 4 nitrogen and oxygen atoms in total. The van der Waals surface area contributed by atoms with Crippen LogP contribution in [0.4, 0.5) is 5.69 Å². The smallest absolute Gasteiger partial charge is 0.255 e. The molecule has 0 aliphatic heterocycles. The van der Waals surface area contributed by atoms with Gasteiger partial charge in [-0.3, -0.25) is 4.79 Å². The highest BCUT2D eigenvalue weighted by molar-refractivity contribution is 6.06. The molecule has 1 aromatic heterocycles. The van der Waals surface area contributed by atoms with Gasteiger partial charge in [-0.2, -0.15) is 0 Å². The molecule has 0 radical (unpaired) electrons. The number of hydrogen-bond donors (Lipinski definition) is 2. The lowest BCUT2D eigenvalue weighted by molar-refractivity contribution is 0.102. The molecule has 0 atom stereocenters. The monoisotopic (exact) mass is 321 g/mol. The van der Waals surface area contributed by atoms with Crippen LogP contribution in [0, 0.1) is 13.8 Å². The normalized spacial score (nSPS) is 11.2. The van der Waals surface area contributed by atoms with Gasteiger partial charge in [-0.1, -0.05) is 12.1 Å². The van der Waals surface area contributed by atoms with Crippen LogP contribution in [0.1, 0.15) is 27.2 Å². The van der Waals surface area contributed by atoms with E-state index in [0.29, 0.717) is 5.56 Å². The third-order valence-corrected chi connectivity index (χ3v) is 4.28. The van der Waals surface area contributed by atoms with E-state index in [2.05, 4.69) is 22.1 Å². The lowest BCUT2D eigenvalue weighted by Crippen LogP contribution is -2.12. The van der Waals surface area contributed by atoms with Gasteiger partial charge in [-0.25, -0.2) is 0 Å². The second-order valence-electron chi connectivity index (χ2n) is 6.52. The first-order valence-corrected chi connectivity index (χ1v) is 8.08. The van der Waals surface area contributed by atoms with Crippen LogP contribution < -0.4 is 5.32 Å². The fraction of sp³-hybridized carbons (Fsp3) is 0.250. The average Bonchev–Trinajstić information content (AvgIpc) is 2.83. The molecule has 0 aliphatic carbocycles. The molecule has 2 aromatic carbocycles. The Labute approximate surface area is 142 Å². The molecular formula is C20H23N3O. The molecule has 0 spiro atoms. The molecule has 0 aliphatic rings. The molecule has 3 aromatic rings. The lowest BCUT2D eigenvalue weighted by Gasteiger charge is -2.10. The van der Waals surface area contributed by atoms with Crippen molar-refractivity contribution in [3.63, 3.8) is 0 Å². The second-order valence-corrected chi connectivity index (χ2v) is 6.52. The summed E-state index contributed by atoms with van der Waals surface area (Å²) in [5, 5.41) is 4.07.